The highest BCUT2D eigenvalue weighted by molar-refractivity contribution is 7.18. The molecule has 3 nitrogen and oxygen atoms in total. The van der Waals surface area contributed by atoms with E-state index in [9.17, 15) is 0 Å². The maximum Gasteiger partial charge on any atom is 0.108 e. The Kier molecular flexibility index (Phi) is 3.67. The molecular weight excluding hydrogens is 266 g/mol. The molecule has 2 aromatic carbocycles. The van der Waals surface area contributed by atoms with Crippen molar-refractivity contribution in [2.45, 2.75) is 13.1 Å². The smallest absolute Gasteiger partial charge is 0.108 e. The summed E-state index contributed by atoms with van der Waals surface area (Å²) in [6, 6.07) is 16.3. The molecule has 0 spiro atoms. The van der Waals surface area contributed by atoms with Gasteiger partial charge in [-0.15, -0.1) is 11.3 Å². The van der Waals surface area contributed by atoms with Crippen LogP contribution in [0.3, 0.4) is 0 Å². The van der Waals surface area contributed by atoms with Crippen molar-refractivity contribution in [1.82, 2.24) is 9.88 Å². The first-order chi connectivity index (χ1) is 9.70. The van der Waals surface area contributed by atoms with Crippen LogP contribution in [-0.4, -0.2) is 16.9 Å². The summed E-state index contributed by atoms with van der Waals surface area (Å²) in [6.07, 6.45) is 0. The van der Waals surface area contributed by atoms with Crippen molar-refractivity contribution in [2.75, 3.05) is 12.8 Å². The topological polar surface area (TPSA) is 42.1 Å². The molecule has 0 fully saturated rings. The van der Waals surface area contributed by atoms with Crippen molar-refractivity contribution in [3.63, 3.8) is 0 Å². The summed E-state index contributed by atoms with van der Waals surface area (Å²) >= 11 is 1.76. The predicted molar refractivity (Wildman–Crippen MR) is 85.6 cm³/mol. The third-order valence-corrected chi connectivity index (χ3v) is 4.17. The molecule has 0 radical (unpaired) electrons. The number of rotatable bonds is 4. The molecule has 0 atom stereocenters. The standard InChI is InChI=1S/C16H17N3S/c1-19(10-12-5-4-6-13(17)9-12)11-16-18-14-7-2-3-8-15(14)20-16/h2-9H,10-11,17H2,1H3. The van der Waals surface area contributed by atoms with Crippen LogP contribution in [-0.2, 0) is 13.1 Å². The van der Waals surface area contributed by atoms with Gasteiger partial charge in [0, 0.05) is 12.2 Å². The van der Waals surface area contributed by atoms with E-state index in [0.717, 1.165) is 29.3 Å². The summed E-state index contributed by atoms with van der Waals surface area (Å²) in [5.41, 5.74) is 8.94. The molecule has 0 unspecified atom stereocenters. The highest BCUT2D eigenvalue weighted by Gasteiger charge is 2.07. The number of hydrogen-bond donors (Lipinski definition) is 1. The molecule has 20 heavy (non-hydrogen) atoms. The first-order valence-corrected chi connectivity index (χ1v) is 7.40. The van der Waals surface area contributed by atoms with Crippen molar-refractivity contribution in [3.05, 3.63) is 59.1 Å². The van der Waals surface area contributed by atoms with E-state index >= 15 is 0 Å². The second kappa shape index (κ2) is 5.61. The lowest BCUT2D eigenvalue weighted by Gasteiger charge is -2.15. The minimum Gasteiger partial charge on any atom is -0.399 e. The van der Waals surface area contributed by atoms with Gasteiger partial charge in [-0.3, -0.25) is 4.90 Å². The van der Waals surface area contributed by atoms with Gasteiger partial charge in [-0.2, -0.15) is 0 Å². The molecule has 1 aromatic heterocycles. The van der Waals surface area contributed by atoms with E-state index in [-0.39, 0.29) is 0 Å². The molecule has 0 aliphatic carbocycles. The number of aromatic nitrogens is 1. The SMILES string of the molecule is CN(Cc1cccc(N)c1)Cc1nc2ccccc2s1. The quantitative estimate of drug-likeness (QED) is 0.745. The second-order valence-electron chi connectivity index (χ2n) is 4.99. The van der Waals surface area contributed by atoms with Gasteiger partial charge in [0.2, 0.25) is 0 Å². The van der Waals surface area contributed by atoms with Crippen LogP contribution < -0.4 is 5.73 Å². The van der Waals surface area contributed by atoms with Crippen LogP contribution >= 0.6 is 11.3 Å². The third-order valence-electron chi connectivity index (χ3n) is 3.15. The van der Waals surface area contributed by atoms with E-state index in [1.807, 2.05) is 24.3 Å². The van der Waals surface area contributed by atoms with Crippen LogP contribution in [0.1, 0.15) is 10.6 Å². The molecule has 1 heterocycles. The largest absolute Gasteiger partial charge is 0.399 e. The van der Waals surface area contributed by atoms with Crippen LogP contribution in [0.2, 0.25) is 0 Å². The van der Waals surface area contributed by atoms with Gasteiger partial charge < -0.3 is 5.73 Å². The second-order valence-corrected chi connectivity index (χ2v) is 6.11. The van der Waals surface area contributed by atoms with Gasteiger partial charge in [0.25, 0.3) is 0 Å². The first-order valence-electron chi connectivity index (χ1n) is 6.58. The van der Waals surface area contributed by atoms with Gasteiger partial charge in [0.1, 0.15) is 5.01 Å². The molecule has 3 rings (SSSR count). The molecule has 4 heteroatoms. The van der Waals surface area contributed by atoms with Crippen LogP contribution in [0, 0.1) is 0 Å². The van der Waals surface area contributed by atoms with Gasteiger partial charge in [-0.05, 0) is 36.9 Å². The number of fused-ring (bicyclic) bond motifs is 1. The van der Waals surface area contributed by atoms with Crippen LogP contribution in [0.4, 0.5) is 5.69 Å². The van der Waals surface area contributed by atoms with Crippen molar-refractivity contribution < 1.29 is 0 Å². The summed E-state index contributed by atoms with van der Waals surface area (Å²) in [6.45, 7) is 1.73. The lowest BCUT2D eigenvalue weighted by atomic mass is 10.2. The van der Waals surface area contributed by atoms with E-state index in [1.165, 1.54) is 10.3 Å². The molecule has 0 saturated carbocycles. The van der Waals surface area contributed by atoms with E-state index in [2.05, 4.69) is 41.2 Å². The number of nitrogens with zero attached hydrogens (tertiary/aromatic N) is 2. The summed E-state index contributed by atoms with van der Waals surface area (Å²) in [4.78, 5) is 6.92. The van der Waals surface area contributed by atoms with Gasteiger partial charge in [-0.25, -0.2) is 4.98 Å². The first kappa shape index (κ1) is 13.1. The zero-order chi connectivity index (χ0) is 13.9. The Labute approximate surface area is 122 Å². The highest BCUT2D eigenvalue weighted by atomic mass is 32.1. The van der Waals surface area contributed by atoms with Crippen molar-refractivity contribution >= 4 is 27.2 Å². The Morgan fingerprint density at radius 1 is 1.10 bits per heavy atom. The van der Waals surface area contributed by atoms with Crippen LogP contribution in [0.25, 0.3) is 10.2 Å². The predicted octanol–water partition coefficient (Wildman–Crippen LogP) is 3.51. The lowest BCUT2D eigenvalue weighted by molar-refractivity contribution is 0.319. The Bertz CT molecular complexity index is 687. The Morgan fingerprint density at radius 2 is 1.95 bits per heavy atom. The van der Waals surface area contributed by atoms with Crippen LogP contribution in [0.15, 0.2) is 48.5 Å². The number of thiazole rings is 1. The molecule has 3 aromatic rings. The summed E-state index contributed by atoms with van der Waals surface area (Å²) in [7, 11) is 2.11. The van der Waals surface area contributed by atoms with Gasteiger partial charge >= 0.3 is 0 Å². The molecule has 102 valence electrons. The molecular formula is C16H17N3S. The fraction of sp³-hybridized carbons (Fsp3) is 0.188. The average Bonchev–Trinajstić information content (AvgIpc) is 2.80. The zero-order valence-corrected chi connectivity index (χ0v) is 12.2. The number of nitrogens with two attached hydrogens (primary N) is 1. The number of anilines is 1. The summed E-state index contributed by atoms with van der Waals surface area (Å²) in [5.74, 6) is 0. The maximum absolute atomic E-state index is 5.81. The minimum absolute atomic E-state index is 0.816. The van der Waals surface area contributed by atoms with Crippen LogP contribution in [0.5, 0.6) is 0 Å². The lowest BCUT2D eigenvalue weighted by Crippen LogP contribution is -2.17. The number of benzene rings is 2. The van der Waals surface area contributed by atoms with E-state index in [4.69, 9.17) is 5.73 Å². The molecule has 0 aliphatic rings. The zero-order valence-electron chi connectivity index (χ0n) is 11.4. The highest BCUT2D eigenvalue weighted by Crippen LogP contribution is 2.22. The molecule has 0 amide bonds. The van der Waals surface area contributed by atoms with Crippen molar-refractivity contribution in [2.24, 2.45) is 0 Å². The normalized spacial score (nSPS) is 11.3. The number of hydrogen-bond acceptors (Lipinski definition) is 4. The van der Waals surface area contributed by atoms with Gasteiger partial charge in [0.05, 0.1) is 16.8 Å². The van der Waals surface area contributed by atoms with E-state index in [1.54, 1.807) is 11.3 Å². The molecule has 0 aliphatic heterocycles. The summed E-state index contributed by atoms with van der Waals surface area (Å²) in [5, 5.41) is 1.15. The number of para-hydroxylation sites is 1. The van der Waals surface area contributed by atoms with E-state index < -0.39 is 0 Å². The average molecular weight is 283 g/mol. The monoisotopic (exact) mass is 283 g/mol. The summed E-state index contributed by atoms with van der Waals surface area (Å²) < 4.78 is 1.25. The fourth-order valence-corrected chi connectivity index (χ4v) is 3.33. The minimum atomic E-state index is 0.816. The van der Waals surface area contributed by atoms with Crippen molar-refractivity contribution in [1.29, 1.82) is 0 Å². The Morgan fingerprint density at radius 3 is 2.75 bits per heavy atom. The van der Waals surface area contributed by atoms with Crippen molar-refractivity contribution in [3.8, 4) is 0 Å². The van der Waals surface area contributed by atoms with Gasteiger partial charge in [-0.1, -0.05) is 24.3 Å². The van der Waals surface area contributed by atoms with E-state index in [0.29, 0.717) is 0 Å². The fourth-order valence-electron chi connectivity index (χ4n) is 2.28. The molecule has 2 N–H and O–H groups in total. The third kappa shape index (κ3) is 2.98. The molecule has 0 bridgehead atoms. The number of nitrogen functional groups attached to an aromatic ring is 1. The Hall–Kier alpha value is -1.91. The maximum atomic E-state index is 5.81. The van der Waals surface area contributed by atoms with Gasteiger partial charge in [0.15, 0.2) is 0 Å². The molecule has 0 saturated heterocycles. The Balaban J connectivity index is 1.70.